The number of allylic oxidation sites excluding steroid dienone is 1. The minimum absolute atomic E-state index is 0.735. The number of nitrogens with zero attached hydrogens (tertiary/aromatic N) is 2. The summed E-state index contributed by atoms with van der Waals surface area (Å²) in [5, 5.41) is 3.93. The average molecular weight is 279 g/mol. The molecule has 0 radical (unpaired) electrons. The molecule has 2 heterocycles. The first kappa shape index (κ1) is 16.0. The van der Waals surface area contributed by atoms with Crippen LogP contribution in [-0.2, 0) is 0 Å². The molecule has 3 heteroatoms. The second-order valence-corrected chi connectivity index (χ2v) is 7.07. The van der Waals surface area contributed by atoms with E-state index in [1.165, 1.54) is 50.9 Å². The van der Waals surface area contributed by atoms with Crippen molar-refractivity contribution in [2.45, 2.75) is 64.6 Å². The van der Waals surface area contributed by atoms with Crippen molar-refractivity contribution in [1.82, 2.24) is 15.1 Å². The minimum atomic E-state index is 0.735. The molecule has 1 N–H and O–H groups in total. The Morgan fingerprint density at radius 2 is 1.75 bits per heavy atom. The van der Waals surface area contributed by atoms with E-state index in [0.29, 0.717) is 0 Å². The molecule has 0 bridgehead atoms. The molecule has 20 heavy (non-hydrogen) atoms. The summed E-state index contributed by atoms with van der Waals surface area (Å²) < 4.78 is 0. The molecule has 0 aromatic carbocycles. The standard InChI is InChI=1S/C17H33N3/c1-14(2)5-10-20-11-7-16(8-12-20)18-17-6-9-19(4)15(3)13-17/h5,15-18H,6-13H2,1-4H3. The van der Waals surface area contributed by atoms with Gasteiger partial charge in [-0.1, -0.05) is 11.6 Å². The van der Waals surface area contributed by atoms with Gasteiger partial charge in [-0.25, -0.2) is 0 Å². The summed E-state index contributed by atoms with van der Waals surface area (Å²) in [5.41, 5.74) is 1.44. The van der Waals surface area contributed by atoms with Crippen LogP contribution in [0.2, 0.25) is 0 Å². The monoisotopic (exact) mass is 279 g/mol. The van der Waals surface area contributed by atoms with E-state index < -0.39 is 0 Å². The maximum atomic E-state index is 3.93. The molecule has 2 atom stereocenters. The average Bonchev–Trinajstić information content (AvgIpc) is 2.42. The normalized spacial score (nSPS) is 30.4. The van der Waals surface area contributed by atoms with Crippen molar-refractivity contribution in [3.05, 3.63) is 11.6 Å². The van der Waals surface area contributed by atoms with Crippen LogP contribution in [0.1, 0.15) is 46.5 Å². The summed E-state index contributed by atoms with van der Waals surface area (Å²) in [5.74, 6) is 0. The Morgan fingerprint density at radius 3 is 2.35 bits per heavy atom. The van der Waals surface area contributed by atoms with Crippen LogP contribution in [0.5, 0.6) is 0 Å². The van der Waals surface area contributed by atoms with Gasteiger partial charge in [0.1, 0.15) is 0 Å². The van der Waals surface area contributed by atoms with Gasteiger partial charge in [0.25, 0.3) is 0 Å². The van der Waals surface area contributed by atoms with Gasteiger partial charge < -0.3 is 10.2 Å². The highest BCUT2D eigenvalue weighted by atomic mass is 15.2. The number of likely N-dealkylation sites (tertiary alicyclic amines) is 2. The molecule has 0 amide bonds. The van der Waals surface area contributed by atoms with Gasteiger partial charge in [0.2, 0.25) is 0 Å². The van der Waals surface area contributed by atoms with Crippen LogP contribution in [0.15, 0.2) is 11.6 Å². The Kier molecular flexibility index (Phi) is 6.06. The lowest BCUT2D eigenvalue weighted by Crippen LogP contribution is -2.51. The van der Waals surface area contributed by atoms with Gasteiger partial charge >= 0.3 is 0 Å². The van der Waals surface area contributed by atoms with Gasteiger partial charge in [-0.05, 0) is 73.1 Å². The highest BCUT2D eigenvalue weighted by molar-refractivity contribution is 4.96. The molecular weight excluding hydrogens is 246 g/mol. The summed E-state index contributed by atoms with van der Waals surface area (Å²) in [6.07, 6.45) is 7.62. The summed E-state index contributed by atoms with van der Waals surface area (Å²) in [6.45, 7) is 11.6. The predicted octanol–water partition coefficient (Wildman–Crippen LogP) is 2.49. The highest BCUT2D eigenvalue weighted by Crippen LogP contribution is 2.18. The Balaban J connectivity index is 1.68. The second kappa shape index (κ2) is 7.58. The first-order chi connectivity index (χ1) is 9.54. The second-order valence-electron chi connectivity index (χ2n) is 7.07. The van der Waals surface area contributed by atoms with E-state index >= 15 is 0 Å². The molecule has 2 saturated heterocycles. The van der Waals surface area contributed by atoms with Crippen molar-refractivity contribution < 1.29 is 0 Å². The molecule has 0 spiro atoms. The Morgan fingerprint density at radius 1 is 1.10 bits per heavy atom. The fourth-order valence-electron chi connectivity index (χ4n) is 3.37. The predicted molar refractivity (Wildman–Crippen MR) is 87.1 cm³/mol. The van der Waals surface area contributed by atoms with E-state index in [2.05, 4.69) is 49.0 Å². The highest BCUT2D eigenvalue weighted by Gasteiger charge is 2.26. The zero-order valence-electron chi connectivity index (χ0n) is 13.9. The summed E-state index contributed by atoms with van der Waals surface area (Å²) in [4.78, 5) is 5.07. The molecule has 0 aromatic rings. The van der Waals surface area contributed by atoms with Crippen LogP contribution >= 0.6 is 0 Å². The maximum Gasteiger partial charge on any atom is 0.0165 e. The van der Waals surface area contributed by atoms with Gasteiger partial charge in [-0.2, -0.15) is 0 Å². The van der Waals surface area contributed by atoms with Crippen LogP contribution in [0.4, 0.5) is 0 Å². The molecular formula is C17H33N3. The van der Waals surface area contributed by atoms with Crippen molar-refractivity contribution in [2.75, 3.05) is 33.2 Å². The summed E-state index contributed by atoms with van der Waals surface area (Å²) in [7, 11) is 2.25. The van der Waals surface area contributed by atoms with Crippen molar-refractivity contribution >= 4 is 0 Å². The molecule has 2 aliphatic rings. The fraction of sp³-hybridized carbons (Fsp3) is 0.882. The smallest absolute Gasteiger partial charge is 0.0165 e. The third-order valence-electron chi connectivity index (χ3n) is 5.03. The first-order valence-corrected chi connectivity index (χ1v) is 8.36. The van der Waals surface area contributed by atoms with E-state index in [4.69, 9.17) is 0 Å². The molecule has 2 aliphatic heterocycles. The van der Waals surface area contributed by atoms with E-state index in [0.717, 1.165) is 24.7 Å². The molecule has 2 rings (SSSR count). The lowest BCUT2D eigenvalue weighted by Gasteiger charge is -2.39. The minimum Gasteiger partial charge on any atom is -0.311 e. The van der Waals surface area contributed by atoms with E-state index in [-0.39, 0.29) is 0 Å². The van der Waals surface area contributed by atoms with Crippen LogP contribution in [0.25, 0.3) is 0 Å². The number of rotatable bonds is 4. The Labute approximate surface area is 125 Å². The van der Waals surface area contributed by atoms with Crippen molar-refractivity contribution in [2.24, 2.45) is 0 Å². The number of nitrogens with one attached hydrogen (secondary N) is 1. The molecule has 0 aliphatic carbocycles. The van der Waals surface area contributed by atoms with Gasteiger partial charge in [-0.3, -0.25) is 4.90 Å². The molecule has 2 unspecified atom stereocenters. The van der Waals surface area contributed by atoms with Crippen molar-refractivity contribution in [3.63, 3.8) is 0 Å². The molecule has 116 valence electrons. The van der Waals surface area contributed by atoms with Crippen LogP contribution in [-0.4, -0.2) is 61.2 Å². The fourth-order valence-corrected chi connectivity index (χ4v) is 3.37. The molecule has 2 fully saturated rings. The number of hydrogen-bond donors (Lipinski definition) is 1. The summed E-state index contributed by atoms with van der Waals surface area (Å²) in [6, 6.07) is 2.23. The molecule has 3 nitrogen and oxygen atoms in total. The van der Waals surface area contributed by atoms with Crippen molar-refractivity contribution in [3.8, 4) is 0 Å². The van der Waals surface area contributed by atoms with Gasteiger partial charge in [-0.15, -0.1) is 0 Å². The van der Waals surface area contributed by atoms with Gasteiger partial charge in [0, 0.05) is 24.7 Å². The molecule has 0 saturated carbocycles. The maximum absolute atomic E-state index is 3.93. The van der Waals surface area contributed by atoms with Gasteiger partial charge in [0.05, 0.1) is 0 Å². The van der Waals surface area contributed by atoms with Gasteiger partial charge in [0.15, 0.2) is 0 Å². The topological polar surface area (TPSA) is 18.5 Å². The third kappa shape index (κ3) is 4.87. The largest absolute Gasteiger partial charge is 0.311 e. The Bertz CT molecular complexity index is 314. The molecule has 0 aromatic heterocycles. The van der Waals surface area contributed by atoms with E-state index in [1.807, 2.05) is 0 Å². The number of piperidine rings is 2. The number of hydrogen-bond acceptors (Lipinski definition) is 3. The zero-order chi connectivity index (χ0) is 14.5. The SMILES string of the molecule is CC(C)=CCN1CCC(NC2CCN(C)C(C)C2)CC1. The van der Waals surface area contributed by atoms with Crippen LogP contribution in [0, 0.1) is 0 Å². The lowest BCUT2D eigenvalue weighted by molar-refractivity contribution is 0.145. The Hall–Kier alpha value is -0.380. The van der Waals surface area contributed by atoms with Crippen LogP contribution < -0.4 is 5.32 Å². The third-order valence-corrected chi connectivity index (χ3v) is 5.03. The first-order valence-electron chi connectivity index (χ1n) is 8.36. The lowest BCUT2D eigenvalue weighted by atomic mass is 9.96. The van der Waals surface area contributed by atoms with Crippen molar-refractivity contribution in [1.29, 1.82) is 0 Å². The summed E-state index contributed by atoms with van der Waals surface area (Å²) >= 11 is 0. The zero-order valence-corrected chi connectivity index (χ0v) is 13.9. The van der Waals surface area contributed by atoms with E-state index in [9.17, 15) is 0 Å². The van der Waals surface area contributed by atoms with E-state index in [1.54, 1.807) is 0 Å². The van der Waals surface area contributed by atoms with Crippen LogP contribution in [0.3, 0.4) is 0 Å². The quantitative estimate of drug-likeness (QED) is 0.798.